The minimum Gasteiger partial charge on any atom is -0.497 e. The first-order chi connectivity index (χ1) is 13.6. The molecule has 3 aliphatic heterocycles. The van der Waals surface area contributed by atoms with Crippen molar-refractivity contribution in [2.75, 3.05) is 26.7 Å². The number of benzene rings is 2. The van der Waals surface area contributed by atoms with E-state index in [1.807, 2.05) is 6.07 Å². The number of ether oxygens (including phenoxy) is 2. The average molecular weight is 380 g/mol. The molecule has 3 fully saturated rings. The SMILES string of the molecule is COc1ccc2cc(CN3C[C@@H]4[C@H](CNC(C)=O)[C@H]5CC[C@]4(C3)O5)ccc2c1. The third kappa shape index (κ3) is 2.97. The number of hydrogen-bond donors (Lipinski definition) is 1. The number of hydrogen-bond acceptors (Lipinski definition) is 4. The standard InChI is InChI=1S/C23H28N2O3/c1-15(26)24-11-20-21-13-25(14-23(21)8-7-22(20)28-23)12-16-3-4-18-10-19(27-2)6-5-17(18)9-16/h3-6,9-10,20-22H,7-8,11-14H2,1-2H3,(H,24,26)/t20-,21+,22+,23+/m0/s1. The van der Waals surface area contributed by atoms with Crippen molar-refractivity contribution in [3.63, 3.8) is 0 Å². The fourth-order valence-electron chi connectivity index (χ4n) is 5.70. The molecule has 148 valence electrons. The lowest BCUT2D eigenvalue weighted by molar-refractivity contribution is -0.119. The molecule has 1 N–H and O–H groups in total. The van der Waals surface area contributed by atoms with Gasteiger partial charge in [0.25, 0.3) is 0 Å². The van der Waals surface area contributed by atoms with Gasteiger partial charge >= 0.3 is 0 Å². The summed E-state index contributed by atoms with van der Waals surface area (Å²) in [5.41, 5.74) is 1.35. The van der Waals surface area contributed by atoms with Crippen LogP contribution in [0.1, 0.15) is 25.3 Å². The second kappa shape index (κ2) is 6.75. The van der Waals surface area contributed by atoms with Crippen molar-refractivity contribution in [3.8, 4) is 5.75 Å². The highest BCUT2D eigenvalue weighted by Crippen LogP contribution is 2.54. The number of nitrogens with zero attached hydrogens (tertiary/aromatic N) is 1. The molecule has 0 unspecified atom stereocenters. The Balaban J connectivity index is 1.31. The molecule has 5 rings (SSSR count). The molecular weight excluding hydrogens is 352 g/mol. The second-order valence-electron chi connectivity index (χ2n) is 8.68. The van der Waals surface area contributed by atoms with Gasteiger partial charge in [0, 0.05) is 44.9 Å². The van der Waals surface area contributed by atoms with Crippen molar-refractivity contribution in [1.82, 2.24) is 10.2 Å². The highest BCUT2D eigenvalue weighted by molar-refractivity contribution is 5.84. The molecule has 0 radical (unpaired) electrons. The summed E-state index contributed by atoms with van der Waals surface area (Å²) < 4.78 is 11.8. The van der Waals surface area contributed by atoms with Gasteiger partial charge in [0.1, 0.15) is 5.75 Å². The summed E-state index contributed by atoms with van der Waals surface area (Å²) in [6.45, 7) is 5.35. The first kappa shape index (κ1) is 18.0. The van der Waals surface area contributed by atoms with E-state index in [2.05, 4.69) is 40.5 Å². The third-order valence-corrected chi connectivity index (χ3v) is 6.96. The number of likely N-dealkylation sites (tertiary alicyclic amines) is 1. The number of carbonyl (C=O) groups excluding carboxylic acids is 1. The molecule has 1 spiro atoms. The summed E-state index contributed by atoms with van der Waals surface area (Å²) >= 11 is 0. The lowest BCUT2D eigenvalue weighted by atomic mass is 9.73. The minimum atomic E-state index is 0.0119. The summed E-state index contributed by atoms with van der Waals surface area (Å²) in [7, 11) is 1.70. The topological polar surface area (TPSA) is 50.8 Å². The highest BCUT2D eigenvalue weighted by atomic mass is 16.5. The molecule has 3 saturated heterocycles. The van der Waals surface area contributed by atoms with Crippen LogP contribution in [-0.2, 0) is 16.1 Å². The predicted octanol–water partition coefficient (Wildman–Crippen LogP) is 2.96. The molecule has 1 amide bonds. The summed E-state index contributed by atoms with van der Waals surface area (Å²) in [6, 6.07) is 12.9. The van der Waals surface area contributed by atoms with Crippen LogP contribution < -0.4 is 10.1 Å². The fourth-order valence-corrected chi connectivity index (χ4v) is 5.70. The van der Waals surface area contributed by atoms with E-state index >= 15 is 0 Å². The third-order valence-electron chi connectivity index (χ3n) is 6.96. The number of amides is 1. The van der Waals surface area contributed by atoms with E-state index in [-0.39, 0.29) is 11.5 Å². The monoisotopic (exact) mass is 380 g/mol. The molecule has 2 aromatic carbocycles. The largest absolute Gasteiger partial charge is 0.497 e. The molecule has 0 aromatic heterocycles. The van der Waals surface area contributed by atoms with Crippen molar-refractivity contribution in [2.24, 2.45) is 11.8 Å². The molecule has 0 aliphatic carbocycles. The lowest BCUT2D eigenvalue weighted by Gasteiger charge is -2.29. The lowest BCUT2D eigenvalue weighted by Crippen LogP contribution is -2.41. The Hall–Kier alpha value is -2.11. The zero-order chi connectivity index (χ0) is 19.3. The van der Waals surface area contributed by atoms with Crippen LogP contribution in [0.25, 0.3) is 10.8 Å². The smallest absolute Gasteiger partial charge is 0.216 e. The van der Waals surface area contributed by atoms with Gasteiger partial charge in [0.15, 0.2) is 0 Å². The maximum atomic E-state index is 11.4. The van der Waals surface area contributed by atoms with Gasteiger partial charge in [-0.2, -0.15) is 0 Å². The van der Waals surface area contributed by atoms with Gasteiger partial charge in [-0.3, -0.25) is 9.69 Å². The van der Waals surface area contributed by atoms with E-state index in [0.29, 0.717) is 17.9 Å². The predicted molar refractivity (Wildman–Crippen MR) is 108 cm³/mol. The van der Waals surface area contributed by atoms with E-state index in [1.165, 1.54) is 16.3 Å². The molecule has 3 aliphatic rings. The molecule has 2 aromatic rings. The Kier molecular flexibility index (Phi) is 4.33. The van der Waals surface area contributed by atoms with Gasteiger partial charge in [-0.05, 0) is 47.4 Å². The fraction of sp³-hybridized carbons (Fsp3) is 0.522. The zero-order valence-electron chi connectivity index (χ0n) is 16.6. The maximum Gasteiger partial charge on any atom is 0.216 e. The van der Waals surface area contributed by atoms with Crippen LogP contribution in [0, 0.1) is 11.8 Å². The highest BCUT2D eigenvalue weighted by Gasteiger charge is 2.62. The van der Waals surface area contributed by atoms with E-state index in [4.69, 9.17) is 9.47 Å². The van der Waals surface area contributed by atoms with Crippen LogP contribution >= 0.6 is 0 Å². The zero-order valence-corrected chi connectivity index (χ0v) is 16.6. The number of nitrogens with one attached hydrogen (secondary N) is 1. The number of methoxy groups -OCH3 is 1. The van der Waals surface area contributed by atoms with Crippen LogP contribution in [0.5, 0.6) is 5.75 Å². The van der Waals surface area contributed by atoms with Crippen molar-refractivity contribution in [2.45, 2.75) is 38.0 Å². The van der Waals surface area contributed by atoms with Gasteiger partial charge in [-0.15, -0.1) is 0 Å². The summed E-state index contributed by atoms with van der Waals surface area (Å²) in [5, 5.41) is 5.48. The van der Waals surface area contributed by atoms with Crippen molar-refractivity contribution < 1.29 is 14.3 Å². The summed E-state index contributed by atoms with van der Waals surface area (Å²) in [5.74, 6) is 1.93. The summed E-state index contributed by atoms with van der Waals surface area (Å²) in [6.07, 6.45) is 2.62. The minimum absolute atomic E-state index is 0.0119. The number of fused-ring (bicyclic) bond motifs is 2. The maximum absolute atomic E-state index is 11.4. The van der Waals surface area contributed by atoms with Crippen molar-refractivity contribution >= 4 is 16.7 Å². The average Bonchev–Trinajstić information content (AvgIpc) is 3.33. The number of carbonyl (C=O) groups is 1. The molecule has 5 heteroatoms. The van der Waals surface area contributed by atoms with E-state index < -0.39 is 0 Å². The Morgan fingerprint density at radius 3 is 2.93 bits per heavy atom. The Morgan fingerprint density at radius 1 is 1.29 bits per heavy atom. The Labute approximate surface area is 166 Å². The van der Waals surface area contributed by atoms with Crippen LogP contribution in [0.15, 0.2) is 36.4 Å². The Morgan fingerprint density at radius 2 is 2.11 bits per heavy atom. The van der Waals surface area contributed by atoms with E-state index in [0.717, 1.165) is 44.8 Å². The van der Waals surface area contributed by atoms with Crippen LogP contribution in [-0.4, -0.2) is 49.3 Å². The molecule has 28 heavy (non-hydrogen) atoms. The van der Waals surface area contributed by atoms with Gasteiger partial charge in [-0.1, -0.05) is 18.2 Å². The molecule has 4 atom stereocenters. The van der Waals surface area contributed by atoms with Crippen LogP contribution in [0.2, 0.25) is 0 Å². The Bertz CT molecular complexity index is 914. The van der Waals surface area contributed by atoms with Crippen LogP contribution in [0.3, 0.4) is 0 Å². The first-order valence-electron chi connectivity index (χ1n) is 10.3. The van der Waals surface area contributed by atoms with Crippen molar-refractivity contribution in [1.29, 1.82) is 0 Å². The molecule has 2 bridgehead atoms. The first-order valence-corrected chi connectivity index (χ1v) is 10.3. The van der Waals surface area contributed by atoms with Gasteiger partial charge in [-0.25, -0.2) is 0 Å². The normalized spacial score (nSPS) is 31.3. The second-order valence-corrected chi connectivity index (χ2v) is 8.68. The molecule has 5 nitrogen and oxygen atoms in total. The van der Waals surface area contributed by atoms with E-state index in [9.17, 15) is 4.79 Å². The van der Waals surface area contributed by atoms with Gasteiger partial charge in [0.2, 0.25) is 5.91 Å². The molecule has 0 saturated carbocycles. The van der Waals surface area contributed by atoms with Crippen molar-refractivity contribution in [3.05, 3.63) is 42.0 Å². The van der Waals surface area contributed by atoms with Gasteiger partial charge in [0.05, 0.1) is 18.8 Å². The molecular formula is C23H28N2O3. The van der Waals surface area contributed by atoms with Crippen LogP contribution in [0.4, 0.5) is 0 Å². The van der Waals surface area contributed by atoms with Gasteiger partial charge < -0.3 is 14.8 Å². The van der Waals surface area contributed by atoms with E-state index in [1.54, 1.807) is 14.0 Å². The number of rotatable bonds is 5. The quantitative estimate of drug-likeness (QED) is 0.867. The summed E-state index contributed by atoms with van der Waals surface area (Å²) in [4.78, 5) is 13.9. The molecule has 3 heterocycles.